The first-order valence-corrected chi connectivity index (χ1v) is 2.95. The van der Waals surface area contributed by atoms with E-state index in [0.29, 0.717) is 5.69 Å². The van der Waals surface area contributed by atoms with Crippen molar-refractivity contribution >= 4 is 5.78 Å². The molecule has 2 heteroatoms. The van der Waals surface area contributed by atoms with Gasteiger partial charge in [-0.1, -0.05) is 0 Å². The average Bonchev–Trinajstić information content (AvgIpc) is 2.42. The van der Waals surface area contributed by atoms with E-state index in [1.165, 1.54) is 6.92 Å². The van der Waals surface area contributed by atoms with E-state index in [9.17, 15) is 4.79 Å². The Hall–Kier alpha value is -1.31. The van der Waals surface area contributed by atoms with Crippen LogP contribution in [0.5, 0.6) is 0 Å². The zero-order chi connectivity index (χ0) is 7.98. The molecule has 1 aromatic rings. The van der Waals surface area contributed by atoms with Gasteiger partial charge in [-0.2, -0.15) is 0 Å². The molecule has 0 aliphatic rings. The van der Waals surface area contributed by atoms with Crippen LogP contribution >= 0.6 is 0 Å². The summed E-state index contributed by atoms with van der Waals surface area (Å²) < 4.78 is 0. The summed E-state index contributed by atoms with van der Waals surface area (Å²) in [6, 6.07) is 3.55. The van der Waals surface area contributed by atoms with Gasteiger partial charge in [0.05, 0.1) is 5.69 Å². The third-order valence-corrected chi connectivity index (χ3v) is 0.977. The van der Waals surface area contributed by atoms with Gasteiger partial charge in [0.1, 0.15) is 0 Å². The molecule has 10 heavy (non-hydrogen) atoms. The third kappa shape index (κ3) is 2.31. The van der Waals surface area contributed by atoms with Gasteiger partial charge in [0.15, 0.2) is 5.78 Å². The van der Waals surface area contributed by atoms with Crippen LogP contribution in [0.4, 0.5) is 0 Å². The smallest absolute Gasteiger partial charge is 0.175 e. The summed E-state index contributed by atoms with van der Waals surface area (Å²) >= 11 is 0. The Bertz CT molecular complexity index is 189. The number of rotatable bonds is 1. The standard InChI is InChI=1S/C6H7NO.C2H4/c1-5(8)6-3-2-4-7-6;1-2/h2-4,7H,1H3;1-2H2. The van der Waals surface area contributed by atoms with Crippen molar-refractivity contribution in [3.8, 4) is 0 Å². The lowest BCUT2D eigenvalue weighted by Crippen LogP contribution is -1.89. The van der Waals surface area contributed by atoms with E-state index < -0.39 is 0 Å². The van der Waals surface area contributed by atoms with Gasteiger partial charge in [0, 0.05) is 13.1 Å². The number of aromatic nitrogens is 1. The van der Waals surface area contributed by atoms with Gasteiger partial charge < -0.3 is 4.98 Å². The summed E-state index contributed by atoms with van der Waals surface area (Å²) in [4.78, 5) is 13.3. The average molecular weight is 137 g/mol. The normalized spacial score (nSPS) is 7.70. The molecule has 0 radical (unpaired) electrons. The minimum atomic E-state index is 0.0787. The molecule has 1 heterocycles. The molecule has 0 aliphatic carbocycles. The second-order valence-corrected chi connectivity index (χ2v) is 1.64. The monoisotopic (exact) mass is 137 g/mol. The molecule has 0 amide bonds. The fraction of sp³-hybridized carbons (Fsp3) is 0.125. The number of carbonyl (C=O) groups excluding carboxylic acids is 1. The Kier molecular flexibility index (Phi) is 3.96. The first-order valence-electron chi connectivity index (χ1n) is 2.95. The molecular weight excluding hydrogens is 126 g/mol. The molecule has 2 nitrogen and oxygen atoms in total. The molecule has 0 unspecified atom stereocenters. The van der Waals surface area contributed by atoms with Crippen LogP contribution in [0.25, 0.3) is 0 Å². The van der Waals surface area contributed by atoms with Crippen molar-refractivity contribution in [2.45, 2.75) is 6.92 Å². The van der Waals surface area contributed by atoms with Crippen LogP contribution < -0.4 is 0 Å². The van der Waals surface area contributed by atoms with Crippen LogP contribution in [-0.4, -0.2) is 10.8 Å². The fourth-order valence-corrected chi connectivity index (χ4v) is 0.549. The van der Waals surface area contributed by atoms with Crippen molar-refractivity contribution in [1.29, 1.82) is 0 Å². The van der Waals surface area contributed by atoms with E-state index in [2.05, 4.69) is 18.1 Å². The summed E-state index contributed by atoms with van der Waals surface area (Å²) in [5, 5.41) is 0. The number of ketones is 1. The van der Waals surface area contributed by atoms with Gasteiger partial charge in [-0.05, 0) is 12.1 Å². The van der Waals surface area contributed by atoms with Crippen molar-refractivity contribution < 1.29 is 4.79 Å². The van der Waals surface area contributed by atoms with Crippen molar-refractivity contribution in [3.05, 3.63) is 37.2 Å². The quantitative estimate of drug-likeness (QED) is 0.466. The van der Waals surface area contributed by atoms with Crippen molar-refractivity contribution in [1.82, 2.24) is 4.98 Å². The van der Waals surface area contributed by atoms with Gasteiger partial charge >= 0.3 is 0 Å². The predicted octanol–water partition coefficient (Wildman–Crippen LogP) is 2.02. The highest BCUT2D eigenvalue weighted by Crippen LogP contribution is 1.93. The van der Waals surface area contributed by atoms with Gasteiger partial charge in [-0.25, -0.2) is 0 Å². The van der Waals surface area contributed by atoms with E-state index in [4.69, 9.17) is 0 Å². The highest BCUT2D eigenvalue weighted by Gasteiger charge is 1.94. The molecule has 0 fully saturated rings. The van der Waals surface area contributed by atoms with Crippen LogP contribution in [0.15, 0.2) is 31.5 Å². The maximum absolute atomic E-state index is 10.5. The molecule has 0 aliphatic heterocycles. The van der Waals surface area contributed by atoms with Gasteiger partial charge in [0.2, 0.25) is 0 Å². The van der Waals surface area contributed by atoms with E-state index in [1.807, 2.05) is 0 Å². The van der Waals surface area contributed by atoms with Crippen LogP contribution in [0.3, 0.4) is 0 Å². The van der Waals surface area contributed by atoms with Crippen molar-refractivity contribution in [2.75, 3.05) is 0 Å². The van der Waals surface area contributed by atoms with Crippen LogP contribution in [-0.2, 0) is 0 Å². The largest absolute Gasteiger partial charge is 0.359 e. The predicted molar refractivity (Wildman–Crippen MR) is 42.1 cm³/mol. The van der Waals surface area contributed by atoms with Crippen molar-refractivity contribution in [2.24, 2.45) is 0 Å². The number of hydrogen-bond acceptors (Lipinski definition) is 1. The molecule has 0 saturated carbocycles. The Morgan fingerprint density at radius 3 is 2.40 bits per heavy atom. The number of H-pyrrole nitrogens is 1. The Labute approximate surface area is 60.6 Å². The fourth-order valence-electron chi connectivity index (χ4n) is 0.549. The highest BCUT2D eigenvalue weighted by molar-refractivity contribution is 5.92. The summed E-state index contributed by atoms with van der Waals surface area (Å²) in [5.41, 5.74) is 0.671. The summed E-state index contributed by atoms with van der Waals surface area (Å²) in [7, 11) is 0. The molecule has 1 rings (SSSR count). The molecule has 1 aromatic heterocycles. The number of Topliss-reactive ketones (excluding diaryl/α,β-unsaturated/α-hetero) is 1. The maximum Gasteiger partial charge on any atom is 0.175 e. The molecule has 0 bridgehead atoms. The van der Waals surface area contributed by atoms with E-state index in [-0.39, 0.29) is 5.78 Å². The second kappa shape index (κ2) is 4.56. The first kappa shape index (κ1) is 8.69. The van der Waals surface area contributed by atoms with Crippen molar-refractivity contribution in [3.63, 3.8) is 0 Å². The van der Waals surface area contributed by atoms with Crippen LogP contribution in [0.2, 0.25) is 0 Å². The lowest BCUT2D eigenvalue weighted by atomic mass is 10.3. The first-order chi connectivity index (χ1) is 4.80. The summed E-state index contributed by atoms with van der Waals surface area (Å²) in [5.74, 6) is 0.0787. The molecule has 1 N–H and O–H groups in total. The zero-order valence-corrected chi connectivity index (χ0v) is 6.05. The molecule has 0 saturated heterocycles. The minimum absolute atomic E-state index is 0.0787. The summed E-state index contributed by atoms with van der Waals surface area (Å²) in [6.07, 6.45) is 1.73. The Morgan fingerprint density at radius 2 is 2.20 bits per heavy atom. The Balaban J connectivity index is 0.000000371. The SMILES string of the molecule is C=C.CC(=O)c1ccc[nH]1. The number of hydrogen-bond donors (Lipinski definition) is 1. The number of aromatic amines is 1. The zero-order valence-electron chi connectivity index (χ0n) is 6.05. The van der Waals surface area contributed by atoms with Gasteiger partial charge in [-0.3, -0.25) is 4.79 Å². The Morgan fingerprint density at radius 1 is 1.60 bits per heavy atom. The van der Waals surface area contributed by atoms with Crippen LogP contribution in [0.1, 0.15) is 17.4 Å². The lowest BCUT2D eigenvalue weighted by molar-refractivity contribution is 0.101. The highest BCUT2D eigenvalue weighted by atomic mass is 16.1. The maximum atomic E-state index is 10.5. The lowest BCUT2D eigenvalue weighted by Gasteiger charge is -1.81. The van der Waals surface area contributed by atoms with Gasteiger partial charge in [-0.15, -0.1) is 13.2 Å². The molecule has 54 valence electrons. The number of carbonyl (C=O) groups is 1. The van der Waals surface area contributed by atoms with E-state index in [1.54, 1.807) is 18.3 Å². The topological polar surface area (TPSA) is 32.9 Å². The third-order valence-electron chi connectivity index (χ3n) is 0.977. The molecular formula is C8H11NO. The minimum Gasteiger partial charge on any atom is -0.359 e. The molecule has 0 spiro atoms. The molecule has 0 aromatic carbocycles. The number of nitrogens with one attached hydrogen (secondary N) is 1. The van der Waals surface area contributed by atoms with E-state index >= 15 is 0 Å². The second-order valence-electron chi connectivity index (χ2n) is 1.64. The molecule has 0 atom stereocenters. The van der Waals surface area contributed by atoms with Crippen LogP contribution in [0, 0.1) is 0 Å². The van der Waals surface area contributed by atoms with E-state index in [0.717, 1.165) is 0 Å². The summed E-state index contributed by atoms with van der Waals surface area (Å²) in [6.45, 7) is 7.53. The van der Waals surface area contributed by atoms with Gasteiger partial charge in [0.25, 0.3) is 0 Å².